The monoisotopic (exact) mass is 360 g/mol. The molecule has 1 aromatic heterocycles. The van der Waals surface area contributed by atoms with Gasteiger partial charge in [-0.1, -0.05) is 12.1 Å². The number of halogens is 4. The summed E-state index contributed by atoms with van der Waals surface area (Å²) in [6, 6.07) is 8.04. The van der Waals surface area contributed by atoms with Crippen molar-refractivity contribution in [2.75, 3.05) is 5.32 Å². The Bertz CT molecular complexity index is 664. The molecule has 2 aromatic rings. The summed E-state index contributed by atoms with van der Waals surface area (Å²) in [5, 5.41) is 2.61. The van der Waals surface area contributed by atoms with Crippen molar-refractivity contribution in [3.05, 3.63) is 52.3 Å². The van der Waals surface area contributed by atoms with Crippen LogP contribution in [0.3, 0.4) is 0 Å². The third-order valence-electron chi connectivity index (χ3n) is 2.85. The average Bonchev–Trinajstić information content (AvgIpc) is 2.80. The zero-order valence-electron chi connectivity index (χ0n) is 11.0. The Morgan fingerprint density at radius 2 is 2.00 bits per heavy atom. The van der Waals surface area contributed by atoms with E-state index in [1.165, 1.54) is 18.3 Å². The highest BCUT2D eigenvalue weighted by atomic mass is 79.9. The van der Waals surface area contributed by atoms with Gasteiger partial charge in [-0.15, -0.1) is 0 Å². The Labute approximate surface area is 127 Å². The lowest BCUT2D eigenvalue weighted by atomic mass is 10.2. The third-order valence-corrected chi connectivity index (χ3v) is 3.90. The van der Waals surface area contributed by atoms with Crippen LogP contribution in [0.1, 0.15) is 16.1 Å². The van der Waals surface area contributed by atoms with Crippen molar-refractivity contribution < 1.29 is 18.0 Å². The number of amides is 1. The molecule has 0 fully saturated rings. The first-order valence-electron chi connectivity index (χ1n) is 6.06. The maximum absolute atomic E-state index is 12.4. The minimum atomic E-state index is -4.38. The Morgan fingerprint density at radius 1 is 1.29 bits per heavy atom. The lowest BCUT2D eigenvalue weighted by molar-refractivity contribution is -0.140. The molecule has 0 saturated heterocycles. The van der Waals surface area contributed by atoms with Crippen LogP contribution in [0.15, 0.2) is 41.0 Å². The van der Waals surface area contributed by atoms with Crippen molar-refractivity contribution in [2.24, 2.45) is 0 Å². The Balaban J connectivity index is 2.22. The zero-order valence-corrected chi connectivity index (χ0v) is 12.6. The Kier molecular flexibility index (Phi) is 4.41. The van der Waals surface area contributed by atoms with E-state index in [0.717, 1.165) is 10.1 Å². The summed E-state index contributed by atoms with van der Waals surface area (Å²) in [5.74, 6) is -0.587. The Morgan fingerprint density at radius 3 is 2.67 bits per heavy atom. The molecule has 0 aliphatic carbocycles. The molecular weight excluding hydrogens is 349 g/mol. The summed E-state index contributed by atoms with van der Waals surface area (Å²) in [7, 11) is 0. The van der Waals surface area contributed by atoms with Gasteiger partial charge >= 0.3 is 6.18 Å². The molecule has 0 spiro atoms. The van der Waals surface area contributed by atoms with Crippen LogP contribution in [0.25, 0.3) is 0 Å². The largest absolute Gasteiger partial charge is 0.406 e. The highest BCUT2D eigenvalue weighted by Gasteiger charge is 2.29. The maximum atomic E-state index is 12.4. The van der Waals surface area contributed by atoms with E-state index in [9.17, 15) is 18.0 Å². The highest BCUT2D eigenvalue weighted by molar-refractivity contribution is 9.10. The number of carbonyl (C=O) groups is 1. The predicted molar refractivity (Wildman–Crippen MR) is 77.3 cm³/mol. The zero-order chi connectivity index (χ0) is 15.6. The summed E-state index contributed by atoms with van der Waals surface area (Å²) in [6.07, 6.45) is -3.15. The number of rotatable bonds is 3. The first kappa shape index (κ1) is 15.6. The SMILES string of the molecule is Cc1cccc(NC(=O)c2cccn2CC(F)(F)F)c1Br. The van der Waals surface area contributed by atoms with Crippen LogP contribution in [0, 0.1) is 6.92 Å². The fourth-order valence-electron chi connectivity index (χ4n) is 1.88. The van der Waals surface area contributed by atoms with Crippen LogP contribution in [-0.2, 0) is 6.54 Å². The molecule has 0 bridgehead atoms. The molecule has 0 aliphatic heterocycles. The molecule has 1 heterocycles. The number of benzene rings is 1. The van der Waals surface area contributed by atoms with Gasteiger partial charge in [0.1, 0.15) is 12.2 Å². The van der Waals surface area contributed by atoms with Gasteiger partial charge in [0.25, 0.3) is 5.91 Å². The molecule has 112 valence electrons. The van der Waals surface area contributed by atoms with Crippen LogP contribution in [0.4, 0.5) is 18.9 Å². The summed E-state index contributed by atoms with van der Waals surface area (Å²) < 4.78 is 38.9. The van der Waals surface area contributed by atoms with Crippen molar-refractivity contribution in [2.45, 2.75) is 19.6 Å². The normalized spacial score (nSPS) is 11.5. The molecule has 0 atom stereocenters. The first-order valence-corrected chi connectivity index (χ1v) is 6.85. The number of aryl methyl sites for hydroxylation is 1. The van der Waals surface area contributed by atoms with Gasteiger partial charge in [0.15, 0.2) is 0 Å². The third kappa shape index (κ3) is 3.87. The molecule has 1 aromatic carbocycles. The van der Waals surface area contributed by atoms with E-state index < -0.39 is 18.6 Å². The van der Waals surface area contributed by atoms with Gasteiger partial charge in [-0.3, -0.25) is 4.79 Å². The summed E-state index contributed by atoms with van der Waals surface area (Å²) in [5.41, 5.74) is 1.39. The molecule has 0 radical (unpaired) electrons. The smallest absolute Gasteiger partial charge is 0.334 e. The van der Waals surface area contributed by atoms with Crippen LogP contribution in [0.2, 0.25) is 0 Å². The van der Waals surface area contributed by atoms with Crippen LogP contribution >= 0.6 is 15.9 Å². The molecule has 0 aliphatic rings. The molecule has 3 nitrogen and oxygen atoms in total. The van der Waals surface area contributed by atoms with E-state index >= 15 is 0 Å². The summed E-state index contributed by atoms with van der Waals surface area (Å²) in [6.45, 7) is 0.657. The van der Waals surface area contributed by atoms with E-state index in [1.807, 2.05) is 13.0 Å². The topological polar surface area (TPSA) is 34.0 Å². The predicted octanol–water partition coefficient (Wildman–Crippen LogP) is 4.37. The molecule has 0 unspecified atom stereocenters. The number of hydrogen-bond donors (Lipinski definition) is 1. The second-order valence-electron chi connectivity index (χ2n) is 4.53. The molecule has 7 heteroatoms. The van der Waals surface area contributed by atoms with Crippen LogP contribution in [0.5, 0.6) is 0 Å². The van der Waals surface area contributed by atoms with Crippen LogP contribution in [-0.4, -0.2) is 16.7 Å². The van der Waals surface area contributed by atoms with E-state index in [-0.39, 0.29) is 5.69 Å². The van der Waals surface area contributed by atoms with Gasteiger partial charge in [0, 0.05) is 10.7 Å². The molecular formula is C14H12BrF3N2O. The highest BCUT2D eigenvalue weighted by Crippen LogP contribution is 2.26. The van der Waals surface area contributed by atoms with Crippen LogP contribution < -0.4 is 5.32 Å². The molecule has 21 heavy (non-hydrogen) atoms. The van der Waals surface area contributed by atoms with Crippen molar-refractivity contribution in [3.63, 3.8) is 0 Å². The van der Waals surface area contributed by atoms with Crippen molar-refractivity contribution in [3.8, 4) is 0 Å². The Hall–Kier alpha value is -1.76. The van der Waals surface area contributed by atoms with E-state index in [4.69, 9.17) is 0 Å². The number of anilines is 1. The second kappa shape index (κ2) is 5.93. The first-order chi connectivity index (χ1) is 9.78. The molecule has 1 amide bonds. The molecule has 0 saturated carbocycles. The molecule has 1 N–H and O–H groups in total. The lowest BCUT2D eigenvalue weighted by Gasteiger charge is -2.13. The number of carbonyl (C=O) groups excluding carboxylic acids is 1. The van der Waals surface area contributed by atoms with E-state index in [2.05, 4.69) is 21.2 Å². The van der Waals surface area contributed by atoms with Gasteiger partial charge in [-0.2, -0.15) is 13.2 Å². The molecule has 2 rings (SSSR count). The number of nitrogens with one attached hydrogen (secondary N) is 1. The lowest BCUT2D eigenvalue weighted by Crippen LogP contribution is -2.23. The van der Waals surface area contributed by atoms with Gasteiger partial charge in [0.05, 0.1) is 5.69 Å². The fraction of sp³-hybridized carbons (Fsp3) is 0.214. The number of hydrogen-bond acceptors (Lipinski definition) is 1. The van der Waals surface area contributed by atoms with Crippen molar-refractivity contribution in [1.29, 1.82) is 0 Å². The van der Waals surface area contributed by atoms with Gasteiger partial charge in [0.2, 0.25) is 0 Å². The van der Waals surface area contributed by atoms with E-state index in [0.29, 0.717) is 10.2 Å². The number of nitrogens with zero attached hydrogens (tertiary/aromatic N) is 1. The summed E-state index contributed by atoms with van der Waals surface area (Å²) in [4.78, 5) is 12.1. The van der Waals surface area contributed by atoms with Gasteiger partial charge in [-0.25, -0.2) is 0 Å². The maximum Gasteiger partial charge on any atom is 0.406 e. The summed E-state index contributed by atoms with van der Waals surface area (Å²) >= 11 is 3.34. The number of alkyl halides is 3. The minimum absolute atomic E-state index is 0.0410. The van der Waals surface area contributed by atoms with Crippen molar-refractivity contribution >= 4 is 27.5 Å². The van der Waals surface area contributed by atoms with Crippen molar-refractivity contribution in [1.82, 2.24) is 4.57 Å². The number of aromatic nitrogens is 1. The average molecular weight is 361 g/mol. The van der Waals surface area contributed by atoms with Gasteiger partial charge < -0.3 is 9.88 Å². The standard InChI is InChI=1S/C14H12BrF3N2O/c1-9-4-2-5-10(12(9)15)19-13(21)11-6-3-7-20(11)8-14(16,17)18/h2-7H,8H2,1H3,(H,19,21). The van der Waals surface area contributed by atoms with E-state index in [1.54, 1.807) is 12.1 Å². The minimum Gasteiger partial charge on any atom is -0.334 e. The van der Waals surface area contributed by atoms with Gasteiger partial charge in [-0.05, 0) is 46.6 Å². The second-order valence-corrected chi connectivity index (χ2v) is 5.32. The fourth-order valence-corrected chi connectivity index (χ4v) is 2.25. The quantitative estimate of drug-likeness (QED) is 0.865.